The van der Waals surface area contributed by atoms with E-state index in [4.69, 9.17) is 9.31 Å². The Morgan fingerprint density at radius 1 is 0.952 bits per heavy atom. The normalized spacial score (nSPS) is 19.1. The number of rotatable bonds is 4. The molecular weight excluding hydrogens is 261 g/mol. The van der Waals surface area contributed by atoms with Crippen LogP contribution in [0.5, 0.6) is 0 Å². The first-order chi connectivity index (χ1) is 9.86. The minimum atomic E-state index is -0.278. The first kappa shape index (κ1) is 18.2. The first-order valence-electron chi connectivity index (χ1n) is 8.01. The van der Waals surface area contributed by atoms with Gasteiger partial charge in [0, 0.05) is 6.54 Å². The van der Waals surface area contributed by atoms with Crippen molar-refractivity contribution in [3.8, 4) is 0 Å². The second-order valence-corrected chi connectivity index (χ2v) is 6.11. The van der Waals surface area contributed by atoms with E-state index in [0.29, 0.717) is 0 Å². The molecule has 0 atom stereocenters. The third-order valence-corrected chi connectivity index (χ3v) is 4.08. The van der Waals surface area contributed by atoms with E-state index in [2.05, 4.69) is 64.2 Å². The maximum absolute atomic E-state index is 6.03. The third kappa shape index (κ3) is 4.32. The van der Waals surface area contributed by atoms with Crippen molar-refractivity contribution >= 4 is 12.6 Å². The van der Waals surface area contributed by atoms with Crippen molar-refractivity contribution in [2.45, 2.75) is 66.2 Å². The summed E-state index contributed by atoms with van der Waals surface area (Å²) < 4.78 is 12.1. The van der Waals surface area contributed by atoms with E-state index < -0.39 is 0 Å². The summed E-state index contributed by atoms with van der Waals surface area (Å²) >= 11 is 0. The molecule has 2 rings (SSSR count). The fraction of sp³-hybridized carbons (Fsp3) is 0.647. The van der Waals surface area contributed by atoms with Gasteiger partial charge >= 0.3 is 7.12 Å². The molecule has 1 saturated heterocycles. The molecule has 1 aromatic rings. The number of hydrogen-bond donors (Lipinski definition) is 1. The van der Waals surface area contributed by atoms with Crippen LogP contribution in [0, 0.1) is 0 Å². The Balaban J connectivity index is 0.00000106. The lowest BCUT2D eigenvalue weighted by atomic mass is 9.79. The minimum Gasteiger partial charge on any atom is -0.399 e. The van der Waals surface area contributed by atoms with Crippen molar-refractivity contribution in [3.05, 3.63) is 29.8 Å². The molecule has 1 aromatic carbocycles. The van der Waals surface area contributed by atoms with E-state index in [0.717, 1.165) is 18.6 Å². The average molecular weight is 291 g/mol. The molecule has 1 aliphatic heterocycles. The second-order valence-electron chi connectivity index (χ2n) is 6.11. The fourth-order valence-corrected chi connectivity index (χ4v) is 2.04. The Bertz CT molecular complexity index is 413. The van der Waals surface area contributed by atoms with Crippen molar-refractivity contribution in [1.82, 2.24) is 5.32 Å². The molecule has 0 unspecified atom stereocenters. The summed E-state index contributed by atoms with van der Waals surface area (Å²) in [6, 6.07) is 8.44. The minimum absolute atomic E-state index is 0.266. The van der Waals surface area contributed by atoms with Crippen molar-refractivity contribution in [1.29, 1.82) is 0 Å². The smallest absolute Gasteiger partial charge is 0.399 e. The highest BCUT2D eigenvalue weighted by atomic mass is 16.7. The standard InChI is InChI=1S/C15H24BNO2.C2H6/c1-6-17-11-12-7-9-13(10-8-12)16-18-14(2,3)15(4,5)19-16;1-2/h7-10,17H,6,11H2,1-5H3;1-2H3. The molecule has 118 valence electrons. The van der Waals surface area contributed by atoms with Crippen LogP contribution >= 0.6 is 0 Å². The molecule has 0 spiro atoms. The molecule has 0 radical (unpaired) electrons. The summed E-state index contributed by atoms with van der Waals surface area (Å²) in [6.45, 7) is 16.3. The van der Waals surface area contributed by atoms with Crippen molar-refractivity contribution in [3.63, 3.8) is 0 Å². The lowest BCUT2D eigenvalue weighted by molar-refractivity contribution is 0.00578. The van der Waals surface area contributed by atoms with Gasteiger partial charge in [0.25, 0.3) is 0 Å². The van der Waals surface area contributed by atoms with Crippen molar-refractivity contribution in [2.75, 3.05) is 6.54 Å². The maximum Gasteiger partial charge on any atom is 0.494 e. The molecule has 4 heteroatoms. The molecule has 21 heavy (non-hydrogen) atoms. The Kier molecular flexibility index (Phi) is 6.45. The van der Waals surface area contributed by atoms with Gasteiger partial charge in [-0.2, -0.15) is 0 Å². The van der Waals surface area contributed by atoms with Gasteiger partial charge in [0.2, 0.25) is 0 Å². The van der Waals surface area contributed by atoms with Gasteiger partial charge in [0.15, 0.2) is 0 Å². The molecule has 1 aliphatic rings. The molecule has 0 saturated carbocycles. The van der Waals surface area contributed by atoms with Gasteiger partial charge in [-0.25, -0.2) is 0 Å². The van der Waals surface area contributed by atoms with E-state index in [-0.39, 0.29) is 18.3 Å². The second kappa shape index (κ2) is 7.43. The van der Waals surface area contributed by atoms with Gasteiger partial charge in [0.05, 0.1) is 11.2 Å². The van der Waals surface area contributed by atoms with Gasteiger partial charge in [-0.15, -0.1) is 0 Å². The number of benzene rings is 1. The lowest BCUT2D eigenvalue weighted by Gasteiger charge is -2.32. The summed E-state index contributed by atoms with van der Waals surface area (Å²) in [5.74, 6) is 0. The van der Waals surface area contributed by atoms with Crippen LogP contribution in [0.4, 0.5) is 0 Å². The molecule has 1 heterocycles. The largest absolute Gasteiger partial charge is 0.494 e. The zero-order valence-electron chi connectivity index (χ0n) is 14.6. The van der Waals surface area contributed by atoms with Crippen molar-refractivity contribution in [2.24, 2.45) is 0 Å². The SMILES string of the molecule is CC.CCNCc1ccc(B2OC(C)(C)C(C)(C)O2)cc1. The van der Waals surface area contributed by atoms with E-state index in [1.165, 1.54) is 5.56 Å². The number of nitrogens with one attached hydrogen (secondary N) is 1. The fourth-order valence-electron chi connectivity index (χ4n) is 2.04. The van der Waals surface area contributed by atoms with Gasteiger partial charge in [-0.3, -0.25) is 0 Å². The van der Waals surface area contributed by atoms with Crippen LogP contribution < -0.4 is 10.8 Å². The summed E-state index contributed by atoms with van der Waals surface area (Å²) in [7, 11) is -0.266. The van der Waals surface area contributed by atoms with Gasteiger partial charge in [-0.1, -0.05) is 45.0 Å². The summed E-state index contributed by atoms with van der Waals surface area (Å²) in [4.78, 5) is 0. The molecule has 1 N–H and O–H groups in total. The van der Waals surface area contributed by atoms with Gasteiger partial charge in [-0.05, 0) is 45.3 Å². The van der Waals surface area contributed by atoms with Crippen LogP contribution in [-0.4, -0.2) is 24.9 Å². The van der Waals surface area contributed by atoms with E-state index in [9.17, 15) is 0 Å². The molecule has 0 aliphatic carbocycles. The lowest BCUT2D eigenvalue weighted by Crippen LogP contribution is -2.41. The predicted molar refractivity (Wildman–Crippen MR) is 90.9 cm³/mol. The Morgan fingerprint density at radius 3 is 1.86 bits per heavy atom. The summed E-state index contributed by atoms with van der Waals surface area (Å²) in [5.41, 5.74) is 1.81. The third-order valence-electron chi connectivity index (χ3n) is 4.08. The molecular formula is C17H30BNO2. The van der Waals surface area contributed by atoms with Crippen LogP contribution in [-0.2, 0) is 15.9 Å². The Labute approximate surface area is 130 Å². The molecule has 0 amide bonds. The Hall–Kier alpha value is -0.835. The molecule has 1 fully saturated rings. The highest BCUT2D eigenvalue weighted by Gasteiger charge is 2.51. The van der Waals surface area contributed by atoms with Gasteiger partial charge < -0.3 is 14.6 Å². The zero-order valence-corrected chi connectivity index (χ0v) is 14.6. The van der Waals surface area contributed by atoms with Crippen LogP contribution in [0.15, 0.2) is 24.3 Å². The first-order valence-corrected chi connectivity index (χ1v) is 8.01. The summed E-state index contributed by atoms with van der Waals surface area (Å²) in [5, 5.41) is 3.32. The van der Waals surface area contributed by atoms with Crippen LogP contribution in [0.1, 0.15) is 54.0 Å². The zero-order chi connectivity index (χ0) is 16.1. The van der Waals surface area contributed by atoms with Crippen LogP contribution in [0.2, 0.25) is 0 Å². The highest BCUT2D eigenvalue weighted by Crippen LogP contribution is 2.36. The summed E-state index contributed by atoms with van der Waals surface area (Å²) in [6.07, 6.45) is 0. The molecule has 3 nitrogen and oxygen atoms in total. The molecule has 0 aromatic heterocycles. The monoisotopic (exact) mass is 291 g/mol. The predicted octanol–water partition coefficient (Wildman–Crippen LogP) is 3.12. The highest BCUT2D eigenvalue weighted by molar-refractivity contribution is 6.62. The van der Waals surface area contributed by atoms with Crippen LogP contribution in [0.3, 0.4) is 0 Å². The Morgan fingerprint density at radius 2 is 1.43 bits per heavy atom. The van der Waals surface area contributed by atoms with E-state index >= 15 is 0 Å². The van der Waals surface area contributed by atoms with Crippen LogP contribution in [0.25, 0.3) is 0 Å². The van der Waals surface area contributed by atoms with E-state index in [1.54, 1.807) is 0 Å². The average Bonchev–Trinajstić information content (AvgIpc) is 2.68. The topological polar surface area (TPSA) is 30.5 Å². The quantitative estimate of drug-likeness (QED) is 0.865. The number of hydrogen-bond acceptors (Lipinski definition) is 3. The molecule has 0 bridgehead atoms. The van der Waals surface area contributed by atoms with Crippen molar-refractivity contribution < 1.29 is 9.31 Å². The van der Waals surface area contributed by atoms with Gasteiger partial charge in [0.1, 0.15) is 0 Å². The maximum atomic E-state index is 6.03. The van der Waals surface area contributed by atoms with E-state index in [1.807, 2.05) is 13.8 Å².